The van der Waals surface area contributed by atoms with Gasteiger partial charge in [-0.15, -0.1) is 0 Å². The summed E-state index contributed by atoms with van der Waals surface area (Å²) < 4.78 is 0. The highest BCUT2D eigenvalue weighted by atomic mass is 32.2. The van der Waals surface area contributed by atoms with Gasteiger partial charge < -0.3 is 16.0 Å². The van der Waals surface area contributed by atoms with E-state index >= 15 is 0 Å². The van der Waals surface area contributed by atoms with Crippen LogP contribution in [0, 0.1) is 0 Å². The summed E-state index contributed by atoms with van der Waals surface area (Å²) in [6.45, 7) is 0. The maximum atomic E-state index is 14.2. The van der Waals surface area contributed by atoms with E-state index in [0.717, 1.165) is 33.2 Å². The van der Waals surface area contributed by atoms with Crippen LogP contribution in [-0.2, 0) is 5.54 Å². The maximum absolute atomic E-state index is 14.2. The molecule has 5 aromatic rings. The van der Waals surface area contributed by atoms with Crippen molar-refractivity contribution in [3.8, 4) is 0 Å². The summed E-state index contributed by atoms with van der Waals surface area (Å²) in [6.07, 6.45) is 8.27. The Morgan fingerprint density at radius 3 is 1.83 bits per heavy atom. The molecule has 204 valence electrons. The fraction of sp³-hybridized carbons (Fsp3) is 0.0541. The molecule has 5 heteroatoms. The van der Waals surface area contributed by atoms with Crippen LogP contribution < -0.4 is 16.0 Å². The largest absolute Gasteiger partial charge is 0.369 e. The van der Waals surface area contributed by atoms with Crippen molar-refractivity contribution in [1.82, 2.24) is 0 Å². The molecule has 0 bridgehead atoms. The van der Waals surface area contributed by atoms with Gasteiger partial charge in [-0.1, -0.05) is 115 Å². The number of fused-ring (bicyclic) bond motifs is 2. The fourth-order valence-electron chi connectivity index (χ4n) is 5.61. The summed E-state index contributed by atoms with van der Waals surface area (Å²) in [4.78, 5) is 16.6. The topological polar surface area (TPSA) is 53.2 Å². The molecule has 42 heavy (non-hydrogen) atoms. The van der Waals surface area contributed by atoms with Crippen LogP contribution >= 0.6 is 11.8 Å². The van der Waals surface area contributed by atoms with Gasteiger partial charge in [0.1, 0.15) is 11.1 Å². The predicted molar refractivity (Wildman–Crippen MR) is 174 cm³/mol. The fourth-order valence-corrected chi connectivity index (χ4v) is 6.63. The van der Waals surface area contributed by atoms with Crippen LogP contribution in [0.4, 0.5) is 22.7 Å². The van der Waals surface area contributed by atoms with Crippen molar-refractivity contribution in [2.24, 2.45) is 0 Å². The molecule has 0 saturated heterocycles. The number of carbonyl (C=O) groups excluding carboxylic acids is 1. The molecule has 3 N–H and O–H groups in total. The van der Waals surface area contributed by atoms with Crippen LogP contribution in [-0.4, -0.2) is 11.3 Å². The smallest absolute Gasteiger partial charge is 0.196 e. The average molecular weight is 564 g/mol. The minimum absolute atomic E-state index is 0.0227. The van der Waals surface area contributed by atoms with Gasteiger partial charge in [-0.2, -0.15) is 0 Å². The summed E-state index contributed by atoms with van der Waals surface area (Å²) in [6, 6.07) is 44.3. The lowest BCUT2D eigenvalue weighted by Gasteiger charge is -2.40. The third kappa shape index (κ3) is 4.78. The predicted octanol–water partition coefficient (Wildman–Crippen LogP) is 9.06. The molecule has 0 fully saturated rings. The molecule has 0 radical (unpaired) electrons. The van der Waals surface area contributed by atoms with Crippen molar-refractivity contribution in [3.05, 3.63) is 169 Å². The molecule has 1 heterocycles. The molecule has 1 aliphatic carbocycles. The van der Waals surface area contributed by atoms with E-state index in [1.165, 1.54) is 4.90 Å². The molecule has 0 amide bonds. The molecule has 4 nitrogen and oxygen atoms in total. The zero-order chi connectivity index (χ0) is 28.4. The van der Waals surface area contributed by atoms with E-state index in [0.29, 0.717) is 5.56 Å². The van der Waals surface area contributed by atoms with Crippen LogP contribution in [0.25, 0.3) is 0 Å². The van der Waals surface area contributed by atoms with Gasteiger partial charge in [-0.05, 0) is 54.6 Å². The van der Waals surface area contributed by atoms with Gasteiger partial charge in [0.25, 0.3) is 0 Å². The average Bonchev–Trinajstić information content (AvgIpc) is 3.05. The molecule has 7 rings (SSSR count). The van der Waals surface area contributed by atoms with Gasteiger partial charge in [-0.25, -0.2) is 0 Å². The van der Waals surface area contributed by atoms with Gasteiger partial charge in [0.15, 0.2) is 5.78 Å². The van der Waals surface area contributed by atoms with Crippen molar-refractivity contribution in [1.29, 1.82) is 0 Å². The minimum atomic E-state index is -1.08. The second-order valence-corrected chi connectivity index (χ2v) is 11.6. The van der Waals surface area contributed by atoms with Crippen LogP contribution in [0.2, 0.25) is 0 Å². The van der Waals surface area contributed by atoms with Gasteiger partial charge >= 0.3 is 0 Å². The van der Waals surface area contributed by atoms with E-state index < -0.39 is 11.1 Å². The van der Waals surface area contributed by atoms with Gasteiger partial charge in [0.05, 0.1) is 11.4 Å². The van der Waals surface area contributed by atoms with E-state index in [1.54, 1.807) is 11.8 Å². The van der Waals surface area contributed by atoms with E-state index in [4.69, 9.17) is 0 Å². The van der Waals surface area contributed by atoms with Crippen LogP contribution in [0.3, 0.4) is 0 Å². The quantitative estimate of drug-likeness (QED) is 0.134. The number of hydrogen-bond donors (Lipinski definition) is 3. The number of para-hydroxylation sites is 4. The molecule has 1 aliphatic heterocycles. The Morgan fingerprint density at radius 2 is 1.14 bits per heavy atom. The Morgan fingerprint density at radius 1 is 0.571 bits per heavy atom. The first-order valence-electron chi connectivity index (χ1n) is 14.0. The Balaban J connectivity index is 1.36. The lowest BCUT2D eigenvalue weighted by molar-refractivity contribution is 0.0954. The first-order chi connectivity index (χ1) is 20.6. The maximum Gasteiger partial charge on any atom is 0.196 e. The van der Waals surface area contributed by atoms with E-state index in [-0.39, 0.29) is 5.78 Å². The number of nitrogens with one attached hydrogen (secondary N) is 3. The minimum Gasteiger partial charge on any atom is -0.369 e. The summed E-state index contributed by atoms with van der Waals surface area (Å²) in [7, 11) is 0. The number of hydrogen-bond acceptors (Lipinski definition) is 5. The highest BCUT2D eigenvalue weighted by Gasteiger charge is 2.42. The first-order valence-corrected chi connectivity index (χ1v) is 14.8. The summed E-state index contributed by atoms with van der Waals surface area (Å²) >= 11 is 1.76. The molecular weight excluding hydrogens is 534 g/mol. The van der Waals surface area contributed by atoms with Crippen molar-refractivity contribution < 1.29 is 4.79 Å². The molecular formula is C37H29N3OS. The lowest BCUT2D eigenvalue weighted by atomic mass is 9.76. The number of carbonyl (C=O) groups is 1. The third-order valence-electron chi connectivity index (χ3n) is 7.72. The zero-order valence-electron chi connectivity index (χ0n) is 22.8. The molecule has 2 aliphatic rings. The Hall–Kier alpha value is -5.00. The Labute approximate surface area is 250 Å². The Bertz CT molecular complexity index is 1790. The highest BCUT2D eigenvalue weighted by Crippen LogP contribution is 2.49. The van der Waals surface area contributed by atoms with Crippen molar-refractivity contribution >= 4 is 40.3 Å². The number of rotatable bonds is 7. The summed E-state index contributed by atoms with van der Waals surface area (Å²) in [5, 5.41) is 11.1. The second kappa shape index (κ2) is 10.8. The molecule has 0 aromatic heterocycles. The zero-order valence-corrected chi connectivity index (χ0v) is 23.6. The molecule has 0 unspecified atom stereocenters. The Kier molecular flexibility index (Phi) is 6.65. The second-order valence-electron chi connectivity index (χ2n) is 10.5. The van der Waals surface area contributed by atoms with Crippen molar-refractivity contribution in [3.63, 3.8) is 0 Å². The number of Topliss-reactive ketones (excluding diaryl/α,β-unsaturated/α-hetero) is 1. The van der Waals surface area contributed by atoms with Crippen LogP contribution in [0.1, 0.15) is 15.9 Å². The molecule has 0 spiro atoms. The monoisotopic (exact) mass is 563 g/mol. The highest BCUT2D eigenvalue weighted by molar-refractivity contribution is 7.99. The normalized spacial score (nSPS) is 20.1. The first kappa shape index (κ1) is 25.9. The van der Waals surface area contributed by atoms with E-state index in [2.05, 4.69) is 82.7 Å². The summed E-state index contributed by atoms with van der Waals surface area (Å²) in [5.74, 6) is -0.0227. The van der Waals surface area contributed by atoms with Crippen LogP contribution in [0.5, 0.6) is 0 Å². The lowest BCUT2D eigenvalue weighted by Crippen LogP contribution is -2.47. The molecule has 0 atom stereocenters. The molecule has 0 saturated carbocycles. The van der Waals surface area contributed by atoms with Gasteiger partial charge in [0, 0.05) is 32.3 Å². The number of ketones is 1. The SMILES string of the molecule is O=C(c1ccccc1)C1(Nc2ccccc2)C=CC(Nc2ccccc2)(c2cccc3c2Nc2ccccc2S3)C=C1. The summed E-state index contributed by atoms with van der Waals surface area (Å²) in [5.41, 5.74) is 3.89. The van der Waals surface area contributed by atoms with E-state index in [9.17, 15) is 4.79 Å². The molecule has 5 aromatic carbocycles. The standard InChI is InChI=1S/C37H29N3OS/c41-35(27-13-4-1-5-14-27)37(40-29-17-8-3-9-18-29)25-23-36(24-26-37,39-28-15-6-2-7-16-28)30-19-12-22-33-34(30)38-31-20-10-11-21-32(31)42-33/h1-26,38-40H. The van der Waals surface area contributed by atoms with Gasteiger partial charge in [-0.3, -0.25) is 4.79 Å². The van der Waals surface area contributed by atoms with Crippen molar-refractivity contribution in [2.45, 2.75) is 20.9 Å². The number of benzene rings is 5. The third-order valence-corrected chi connectivity index (χ3v) is 8.85. The van der Waals surface area contributed by atoms with E-state index in [1.807, 2.05) is 91.0 Å². The van der Waals surface area contributed by atoms with Crippen LogP contribution in [0.15, 0.2) is 168 Å². The van der Waals surface area contributed by atoms with Crippen molar-refractivity contribution in [2.75, 3.05) is 16.0 Å². The number of anilines is 4. The van der Waals surface area contributed by atoms with Gasteiger partial charge in [0.2, 0.25) is 0 Å².